The van der Waals surface area contributed by atoms with Gasteiger partial charge in [-0.3, -0.25) is 0 Å². The summed E-state index contributed by atoms with van der Waals surface area (Å²) in [6, 6.07) is 13.8. The first-order valence-corrected chi connectivity index (χ1v) is 9.75. The number of benzene rings is 2. The van der Waals surface area contributed by atoms with Gasteiger partial charge in [0.15, 0.2) is 6.04 Å². The second-order valence-corrected chi connectivity index (χ2v) is 7.73. The zero-order valence-corrected chi connectivity index (χ0v) is 17.5. The van der Waals surface area contributed by atoms with Gasteiger partial charge in [-0.2, -0.15) is 0 Å². The maximum absolute atomic E-state index is 12.0. The molecule has 0 spiro atoms. The number of ether oxygens (including phenoxy) is 1. The standard InChI is InChI=1S/C22H25ClN2O3/c1-14-9-21-18(11-19(14)23)16(10-22(26)28-21)12-24-13-20(25(2)3)15-5-7-17(27-4)8-6-15/h5-11,20,24H,12-13H2,1-4H3/p+2/t20-/m0/s1. The topological polar surface area (TPSA) is 60.5 Å². The molecule has 0 bridgehead atoms. The highest BCUT2D eigenvalue weighted by Gasteiger charge is 2.20. The first kappa shape index (κ1) is 20.4. The average molecular weight is 403 g/mol. The summed E-state index contributed by atoms with van der Waals surface area (Å²) in [7, 11) is 5.97. The molecule has 3 aromatic rings. The van der Waals surface area contributed by atoms with E-state index in [1.807, 2.05) is 31.2 Å². The van der Waals surface area contributed by atoms with E-state index in [0.717, 1.165) is 28.8 Å². The van der Waals surface area contributed by atoms with Crippen LogP contribution in [-0.4, -0.2) is 27.7 Å². The Balaban J connectivity index is 1.78. The molecule has 0 aliphatic carbocycles. The number of aryl methyl sites for hydroxylation is 1. The van der Waals surface area contributed by atoms with Gasteiger partial charge in [-0.25, -0.2) is 4.79 Å². The van der Waals surface area contributed by atoms with Crippen molar-refractivity contribution in [3.05, 3.63) is 74.6 Å². The molecule has 0 radical (unpaired) electrons. The second kappa shape index (κ2) is 8.78. The van der Waals surface area contributed by atoms with E-state index in [1.165, 1.54) is 10.5 Å². The number of quaternary nitrogens is 2. The van der Waals surface area contributed by atoms with Crippen LogP contribution in [-0.2, 0) is 6.54 Å². The Morgan fingerprint density at radius 3 is 2.54 bits per heavy atom. The van der Waals surface area contributed by atoms with Gasteiger partial charge in [-0.1, -0.05) is 11.6 Å². The third-order valence-electron chi connectivity index (χ3n) is 5.09. The minimum Gasteiger partial charge on any atom is -0.497 e. The Labute approximate surface area is 169 Å². The highest BCUT2D eigenvalue weighted by atomic mass is 35.5. The molecule has 0 saturated carbocycles. The zero-order valence-electron chi connectivity index (χ0n) is 16.7. The highest BCUT2D eigenvalue weighted by Crippen LogP contribution is 2.24. The first-order valence-electron chi connectivity index (χ1n) is 9.37. The predicted molar refractivity (Wildman–Crippen MR) is 111 cm³/mol. The largest absolute Gasteiger partial charge is 0.497 e. The quantitative estimate of drug-likeness (QED) is 0.591. The number of methoxy groups -OCH3 is 1. The summed E-state index contributed by atoms with van der Waals surface area (Å²) in [5, 5.41) is 3.80. The second-order valence-electron chi connectivity index (χ2n) is 7.32. The van der Waals surface area contributed by atoms with Crippen molar-refractivity contribution in [3.8, 4) is 5.75 Å². The molecular formula is C22H27ClN2O3+2. The van der Waals surface area contributed by atoms with Crippen molar-refractivity contribution in [3.63, 3.8) is 0 Å². The van der Waals surface area contributed by atoms with Crippen molar-refractivity contribution < 1.29 is 19.4 Å². The van der Waals surface area contributed by atoms with Crippen LogP contribution in [0.2, 0.25) is 5.02 Å². The summed E-state index contributed by atoms with van der Waals surface area (Å²) < 4.78 is 10.6. The summed E-state index contributed by atoms with van der Waals surface area (Å²) in [5.74, 6) is 0.856. The van der Waals surface area contributed by atoms with E-state index >= 15 is 0 Å². The normalized spacial score (nSPS) is 12.5. The highest BCUT2D eigenvalue weighted by molar-refractivity contribution is 6.32. The molecule has 1 heterocycles. The molecule has 5 nitrogen and oxygen atoms in total. The summed E-state index contributed by atoms with van der Waals surface area (Å²) in [6.07, 6.45) is 0. The lowest BCUT2D eigenvalue weighted by atomic mass is 10.0. The van der Waals surface area contributed by atoms with E-state index < -0.39 is 0 Å². The average Bonchev–Trinajstić information content (AvgIpc) is 2.66. The third-order valence-corrected chi connectivity index (χ3v) is 5.50. The molecular weight excluding hydrogens is 376 g/mol. The van der Waals surface area contributed by atoms with Gasteiger partial charge < -0.3 is 19.4 Å². The Morgan fingerprint density at radius 1 is 1.18 bits per heavy atom. The maximum Gasteiger partial charge on any atom is 0.336 e. The fourth-order valence-electron chi connectivity index (χ4n) is 3.46. The monoisotopic (exact) mass is 402 g/mol. The van der Waals surface area contributed by atoms with E-state index in [2.05, 4.69) is 31.5 Å². The van der Waals surface area contributed by atoms with Crippen molar-refractivity contribution in [2.45, 2.75) is 19.5 Å². The molecule has 3 rings (SSSR count). The molecule has 3 N–H and O–H groups in total. The molecule has 1 atom stereocenters. The van der Waals surface area contributed by atoms with Crippen LogP contribution in [0.4, 0.5) is 0 Å². The van der Waals surface area contributed by atoms with Crippen LogP contribution >= 0.6 is 11.6 Å². The van der Waals surface area contributed by atoms with Crippen LogP contribution in [0.15, 0.2) is 51.7 Å². The molecule has 2 aromatic carbocycles. The lowest BCUT2D eigenvalue weighted by Gasteiger charge is -2.20. The minimum absolute atomic E-state index is 0.322. The fraction of sp³-hybridized carbons (Fsp3) is 0.318. The lowest BCUT2D eigenvalue weighted by molar-refractivity contribution is -0.910. The predicted octanol–water partition coefficient (Wildman–Crippen LogP) is 1.71. The minimum atomic E-state index is -0.331. The van der Waals surface area contributed by atoms with E-state index in [1.54, 1.807) is 13.2 Å². The number of fused-ring (bicyclic) bond motifs is 1. The van der Waals surface area contributed by atoms with E-state index in [9.17, 15) is 4.79 Å². The molecule has 148 valence electrons. The van der Waals surface area contributed by atoms with Crippen molar-refractivity contribution in [2.75, 3.05) is 27.7 Å². The molecule has 28 heavy (non-hydrogen) atoms. The molecule has 0 aliphatic heterocycles. The molecule has 0 amide bonds. The molecule has 6 heteroatoms. The summed E-state index contributed by atoms with van der Waals surface area (Å²) >= 11 is 6.29. The first-order chi connectivity index (χ1) is 13.4. The molecule has 0 aliphatic rings. The third kappa shape index (κ3) is 4.55. The molecule has 0 saturated heterocycles. The van der Waals surface area contributed by atoms with Gasteiger partial charge in [0.1, 0.15) is 24.4 Å². The molecule has 0 unspecified atom stereocenters. The van der Waals surface area contributed by atoms with E-state index in [4.69, 9.17) is 20.8 Å². The fourth-order valence-corrected chi connectivity index (χ4v) is 3.63. The number of hydrogen-bond donors (Lipinski definition) is 2. The number of nitrogens with two attached hydrogens (primary N) is 1. The zero-order chi connectivity index (χ0) is 20.3. The van der Waals surface area contributed by atoms with Gasteiger partial charge in [0, 0.05) is 27.6 Å². The van der Waals surface area contributed by atoms with E-state index in [0.29, 0.717) is 23.2 Å². The van der Waals surface area contributed by atoms with Crippen molar-refractivity contribution in [1.82, 2.24) is 0 Å². The van der Waals surface area contributed by atoms with Gasteiger partial charge in [0.25, 0.3) is 0 Å². The van der Waals surface area contributed by atoms with Crippen molar-refractivity contribution in [2.24, 2.45) is 0 Å². The van der Waals surface area contributed by atoms with Gasteiger partial charge in [-0.05, 0) is 48.9 Å². The van der Waals surface area contributed by atoms with Crippen LogP contribution in [0.5, 0.6) is 5.75 Å². The van der Waals surface area contributed by atoms with Gasteiger partial charge >= 0.3 is 5.63 Å². The number of nitrogens with one attached hydrogen (secondary N) is 1. The lowest BCUT2D eigenvalue weighted by Crippen LogP contribution is -3.09. The number of rotatable bonds is 7. The van der Waals surface area contributed by atoms with Crippen molar-refractivity contribution in [1.29, 1.82) is 0 Å². The number of halogens is 1. The van der Waals surface area contributed by atoms with Gasteiger partial charge in [0.2, 0.25) is 0 Å². The maximum atomic E-state index is 12.0. The Hall–Kier alpha value is -2.34. The van der Waals surface area contributed by atoms with Crippen molar-refractivity contribution >= 4 is 22.6 Å². The van der Waals surface area contributed by atoms with Gasteiger partial charge in [-0.15, -0.1) is 0 Å². The number of likely N-dealkylation sites (N-methyl/N-ethyl adjacent to an activating group) is 1. The van der Waals surface area contributed by atoms with Gasteiger partial charge in [0.05, 0.1) is 21.2 Å². The number of hydrogen-bond acceptors (Lipinski definition) is 3. The SMILES string of the molecule is COc1ccc([C@H](C[NH2+]Cc2cc(=O)oc3cc(C)c(Cl)cc23)[NH+](C)C)cc1. The summed E-state index contributed by atoms with van der Waals surface area (Å²) in [6.45, 7) is 3.47. The summed E-state index contributed by atoms with van der Waals surface area (Å²) in [4.78, 5) is 13.3. The van der Waals surface area contributed by atoms with Crippen LogP contribution in [0.3, 0.4) is 0 Å². The molecule has 1 aromatic heterocycles. The molecule has 0 fully saturated rings. The Kier molecular flexibility index (Phi) is 6.39. The van der Waals surface area contributed by atoms with Crippen LogP contribution in [0.25, 0.3) is 11.0 Å². The Bertz CT molecular complexity index is 1010. The summed E-state index contributed by atoms with van der Waals surface area (Å²) in [5.41, 5.74) is 3.35. The smallest absolute Gasteiger partial charge is 0.336 e. The Morgan fingerprint density at radius 2 is 1.89 bits per heavy atom. The van der Waals surface area contributed by atoms with Crippen LogP contribution in [0.1, 0.15) is 22.7 Å². The van der Waals surface area contributed by atoms with Crippen LogP contribution < -0.4 is 20.6 Å². The van der Waals surface area contributed by atoms with E-state index in [-0.39, 0.29) is 5.63 Å². The van der Waals surface area contributed by atoms with Crippen LogP contribution in [0, 0.1) is 6.92 Å².